The van der Waals surface area contributed by atoms with E-state index < -0.39 is 0 Å². The Bertz CT molecular complexity index is 654. The van der Waals surface area contributed by atoms with Gasteiger partial charge in [-0.05, 0) is 23.9 Å². The number of aromatic nitrogens is 1. The molecule has 0 fully saturated rings. The minimum Gasteiger partial charge on any atom is -0.187 e. The molecule has 1 aromatic heterocycles. The van der Waals surface area contributed by atoms with Gasteiger partial charge in [0.2, 0.25) is 4.88 Å². The molecule has 3 aromatic rings. The molecule has 0 N–H and O–H groups in total. The van der Waals surface area contributed by atoms with Crippen LogP contribution >= 0.6 is 23.1 Å². The summed E-state index contributed by atoms with van der Waals surface area (Å²) in [6.45, 7) is 2.16. The molecule has 0 saturated carbocycles. The number of hydrogen-bond acceptors (Lipinski definition) is 2. The predicted molar refractivity (Wildman–Crippen MR) is 93.8 cm³/mol. The third kappa shape index (κ3) is 3.49. The van der Waals surface area contributed by atoms with Crippen LogP contribution in [0, 0.1) is 0 Å². The van der Waals surface area contributed by atoms with Crippen molar-refractivity contribution in [2.24, 2.45) is 0 Å². The van der Waals surface area contributed by atoms with E-state index in [0.717, 1.165) is 15.8 Å². The first kappa shape index (κ1) is 14.2. The molecule has 2 aromatic carbocycles. The van der Waals surface area contributed by atoms with E-state index in [0.29, 0.717) is 0 Å². The third-order valence-electron chi connectivity index (χ3n) is 3.07. The van der Waals surface area contributed by atoms with Gasteiger partial charge in [-0.25, -0.2) is 0 Å². The van der Waals surface area contributed by atoms with Crippen LogP contribution in [-0.4, -0.2) is 10.7 Å². The Morgan fingerprint density at radius 3 is 2.14 bits per heavy atom. The molecular weight excluding hydrogens is 294 g/mol. The minimum absolute atomic E-state index is 1.04. The molecular formula is C18H16NS2+. The van der Waals surface area contributed by atoms with E-state index in [4.69, 9.17) is 4.98 Å². The summed E-state index contributed by atoms with van der Waals surface area (Å²) in [5, 5.41) is 0. The van der Waals surface area contributed by atoms with Crippen molar-refractivity contribution in [1.29, 1.82) is 0 Å². The van der Waals surface area contributed by atoms with Crippen LogP contribution in [0.3, 0.4) is 0 Å². The van der Waals surface area contributed by atoms with Crippen LogP contribution in [0.1, 0.15) is 6.92 Å². The monoisotopic (exact) mass is 310 g/mol. The summed E-state index contributed by atoms with van der Waals surface area (Å²) < 4.78 is 1.12. The van der Waals surface area contributed by atoms with Gasteiger partial charge in [0.15, 0.2) is 0 Å². The molecule has 1 heterocycles. The Kier molecular flexibility index (Phi) is 4.63. The van der Waals surface area contributed by atoms with Crippen LogP contribution in [0.5, 0.6) is 0 Å². The van der Waals surface area contributed by atoms with Crippen LogP contribution in [0.4, 0.5) is 0 Å². The maximum atomic E-state index is 4.80. The highest BCUT2D eigenvalue weighted by molar-refractivity contribution is 8.01. The van der Waals surface area contributed by atoms with Gasteiger partial charge in [-0.2, -0.15) is 4.98 Å². The first-order chi connectivity index (χ1) is 10.4. The van der Waals surface area contributed by atoms with Crippen molar-refractivity contribution in [3.05, 3.63) is 66.7 Å². The summed E-state index contributed by atoms with van der Waals surface area (Å²) in [4.78, 5) is 6.06. The van der Waals surface area contributed by atoms with Crippen molar-refractivity contribution in [2.75, 3.05) is 5.75 Å². The zero-order valence-corrected chi connectivity index (χ0v) is 13.5. The van der Waals surface area contributed by atoms with Gasteiger partial charge in [0, 0.05) is 22.9 Å². The summed E-state index contributed by atoms with van der Waals surface area (Å²) in [7, 11) is 0. The van der Waals surface area contributed by atoms with Gasteiger partial charge in [-0.3, -0.25) is 0 Å². The van der Waals surface area contributed by atoms with Gasteiger partial charge in [0.05, 0.1) is 5.69 Å². The molecule has 0 radical (unpaired) electrons. The highest BCUT2D eigenvalue weighted by atomic mass is 32.2. The lowest BCUT2D eigenvalue weighted by Gasteiger charge is -2.00. The Labute approximate surface area is 133 Å². The molecule has 104 valence electrons. The number of thioether (sulfide) groups is 1. The summed E-state index contributed by atoms with van der Waals surface area (Å²) in [5.74, 6) is 1.04. The molecule has 0 unspecified atom stereocenters. The lowest BCUT2D eigenvalue weighted by molar-refractivity contribution is 1.22. The second kappa shape index (κ2) is 6.83. The summed E-state index contributed by atoms with van der Waals surface area (Å²) >= 11 is 3.56. The van der Waals surface area contributed by atoms with Crippen LogP contribution in [0.15, 0.2) is 71.1 Å². The van der Waals surface area contributed by atoms with Gasteiger partial charge < -0.3 is 0 Å². The fraction of sp³-hybridized carbons (Fsp3) is 0.111. The van der Waals surface area contributed by atoms with Crippen molar-refractivity contribution in [3.63, 3.8) is 0 Å². The fourth-order valence-corrected chi connectivity index (χ4v) is 4.11. The molecule has 0 amide bonds. The molecule has 0 aliphatic heterocycles. The topological polar surface area (TPSA) is 12.9 Å². The van der Waals surface area contributed by atoms with Gasteiger partial charge in [0.1, 0.15) is 0 Å². The second-order valence-corrected chi connectivity index (χ2v) is 7.08. The molecule has 0 aliphatic rings. The van der Waals surface area contributed by atoms with E-state index in [1.165, 1.54) is 16.0 Å². The molecule has 1 nitrogen and oxygen atoms in total. The Morgan fingerprint density at radius 1 is 0.905 bits per heavy atom. The van der Waals surface area contributed by atoms with Crippen molar-refractivity contribution >= 4 is 23.1 Å². The highest BCUT2D eigenvalue weighted by Gasteiger charge is 2.19. The minimum atomic E-state index is 1.04. The highest BCUT2D eigenvalue weighted by Crippen LogP contribution is 2.34. The molecule has 3 rings (SSSR count). The van der Waals surface area contributed by atoms with Crippen LogP contribution in [0.25, 0.3) is 21.7 Å². The van der Waals surface area contributed by atoms with Crippen molar-refractivity contribution in [1.82, 2.24) is 4.98 Å². The second-order valence-electron chi connectivity index (χ2n) is 4.54. The molecule has 0 spiro atoms. The zero-order valence-electron chi connectivity index (χ0n) is 11.8. The standard InChI is InChI=1S/C18H16NS2/c1-2-20-18-19-16(14-9-5-3-6-10-14)13-17(21-18)15-11-7-4-8-12-15/h3-13H,2H2,1H3/q+1. The van der Waals surface area contributed by atoms with E-state index in [9.17, 15) is 0 Å². The van der Waals surface area contributed by atoms with Crippen LogP contribution in [-0.2, 0) is 0 Å². The number of benzene rings is 2. The smallest absolute Gasteiger partial charge is 0.187 e. The first-order valence-electron chi connectivity index (χ1n) is 6.95. The maximum Gasteiger partial charge on any atom is 0.359 e. The Balaban J connectivity index is 2.11. The quantitative estimate of drug-likeness (QED) is 0.441. The van der Waals surface area contributed by atoms with Crippen molar-refractivity contribution in [3.8, 4) is 21.7 Å². The molecule has 21 heavy (non-hydrogen) atoms. The average Bonchev–Trinajstić information content (AvgIpc) is 2.56. The third-order valence-corrected chi connectivity index (χ3v) is 5.14. The fourth-order valence-electron chi connectivity index (χ4n) is 2.09. The molecule has 0 saturated heterocycles. The largest absolute Gasteiger partial charge is 0.359 e. The number of nitrogens with zero attached hydrogens (tertiary/aromatic N) is 1. The Morgan fingerprint density at radius 2 is 1.52 bits per heavy atom. The Hall–Kier alpha value is -1.71. The lowest BCUT2D eigenvalue weighted by Crippen LogP contribution is -1.87. The summed E-state index contributed by atoms with van der Waals surface area (Å²) in [5.41, 5.74) is 3.46. The van der Waals surface area contributed by atoms with Crippen molar-refractivity contribution in [2.45, 2.75) is 11.3 Å². The average molecular weight is 310 g/mol. The molecule has 0 bridgehead atoms. The van der Waals surface area contributed by atoms with Gasteiger partial charge in [0.25, 0.3) is 11.3 Å². The van der Waals surface area contributed by atoms with Gasteiger partial charge >= 0.3 is 4.34 Å². The predicted octanol–water partition coefficient (Wildman–Crippen LogP) is 5.87. The molecule has 0 aliphatic carbocycles. The van der Waals surface area contributed by atoms with E-state index in [1.54, 1.807) is 23.1 Å². The number of rotatable bonds is 4. The number of hydrogen-bond donors (Lipinski definition) is 0. The first-order valence-corrected chi connectivity index (χ1v) is 8.76. The van der Waals surface area contributed by atoms with E-state index >= 15 is 0 Å². The molecule has 0 atom stereocenters. The summed E-state index contributed by atoms with van der Waals surface area (Å²) in [6.07, 6.45) is 0. The van der Waals surface area contributed by atoms with Gasteiger partial charge in [-0.15, -0.1) is 0 Å². The SMILES string of the molecule is CCSc1nc(-c2ccccc2)cc(-c2ccccc2)[s+]1. The van der Waals surface area contributed by atoms with Crippen molar-refractivity contribution < 1.29 is 0 Å². The zero-order chi connectivity index (χ0) is 14.5. The molecule has 3 heteroatoms. The lowest BCUT2D eigenvalue weighted by atomic mass is 10.1. The summed E-state index contributed by atoms with van der Waals surface area (Å²) in [6, 6.07) is 23.1. The normalized spacial score (nSPS) is 10.5. The van der Waals surface area contributed by atoms with Crippen LogP contribution in [0.2, 0.25) is 0 Å². The van der Waals surface area contributed by atoms with E-state index in [-0.39, 0.29) is 0 Å². The van der Waals surface area contributed by atoms with E-state index in [2.05, 4.69) is 67.6 Å². The van der Waals surface area contributed by atoms with Crippen LogP contribution < -0.4 is 0 Å². The maximum absolute atomic E-state index is 4.80. The van der Waals surface area contributed by atoms with Gasteiger partial charge in [-0.1, -0.05) is 55.5 Å². The van der Waals surface area contributed by atoms with E-state index in [1.807, 2.05) is 6.07 Å².